The van der Waals surface area contributed by atoms with Crippen LogP contribution in [0.2, 0.25) is 0 Å². The zero-order valence-corrected chi connectivity index (χ0v) is 9.08. The van der Waals surface area contributed by atoms with Gasteiger partial charge in [-0.05, 0) is 20.8 Å². The van der Waals surface area contributed by atoms with Gasteiger partial charge >= 0.3 is 11.9 Å². The number of aliphatic hydroxyl groups is 1. The van der Waals surface area contributed by atoms with E-state index >= 15 is 0 Å². The summed E-state index contributed by atoms with van der Waals surface area (Å²) in [7, 11) is 2.33. The van der Waals surface area contributed by atoms with E-state index in [1.54, 1.807) is 0 Å². The standard InChI is InChI=1S/C9H16O5/c1-8(2,6(10)13-4)9(3,12)7(11)14-5/h12H,1-5H3. The van der Waals surface area contributed by atoms with Crippen LogP contribution >= 0.6 is 0 Å². The topological polar surface area (TPSA) is 72.8 Å². The predicted octanol–water partition coefficient (Wildman–Crippen LogP) is 0.110. The fraction of sp³-hybridized carbons (Fsp3) is 0.778. The maximum absolute atomic E-state index is 11.3. The van der Waals surface area contributed by atoms with Gasteiger partial charge < -0.3 is 14.6 Å². The summed E-state index contributed by atoms with van der Waals surface area (Å²) < 4.78 is 8.89. The van der Waals surface area contributed by atoms with Crippen molar-refractivity contribution in [2.24, 2.45) is 5.41 Å². The van der Waals surface area contributed by atoms with Crippen LogP contribution in [0.15, 0.2) is 0 Å². The van der Waals surface area contributed by atoms with Crippen molar-refractivity contribution in [3.05, 3.63) is 0 Å². The maximum Gasteiger partial charge on any atom is 0.338 e. The van der Waals surface area contributed by atoms with E-state index in [1.165, 1.54) is 27.9 Å². The first-order valence-corrected chi connectivity index (χ1v) is 4.11. The van der Waals surface area contributed by atoms with Gasteiger partial charge in [-0.2, -0.15) is 0 Å². The number of carbonyl (C=O) groups excluding carboxylic acids is 2. The number of hydrogen-bond acceptors (Lipinski definition) is 5. The van der Waals surface area contributed by atoms with Gasteiger partial charge in [-0.15, -0.1) is 0 Å². The maximum atomic E-state index is 11.3. The quantitative estimate of drug-likeness (QED) is 0.660. The van der Waals surface area contributed by atoms with Crippen molar-refractivity contribution in [1.29, 1.82) is 0 Å². The predicted molar refractivity (Wildman–Crippen MR) is 48.4 cm³/mol. The fourth-order valence-electron chi connectivity index (χ4n) is 0.908. The van der Waals surface area contributed by atoms with Crippen molar-refractivity contribution in [2.45, 2.75) is 26.4 Å². The Kier molecular flexibility index (Phi) is 3.65. The van der Waals surface area contributed by atoms with E-state index in [4.69, 9.17) is 0 Å². The molecule has 0 aliphatic rings. The minimum absolute atomic E-state index is 0.673. The van der Waals surface area contributed by atoms with E-state index in [-0.39, 0.29) is 0 Å². The number of carbonyl (C=O) groups is 2. The Hall–Kier alpha value is -1.10. The highest BCUT2D eigenvalue weighted by molar-refractivity contribution is 5.89. The lowest BCUT2D eigenvalue weighted by Crippen LogP contribution is -2.53. The van der Waals surface area contributed by atoms with E-state index in [1.807, 2.05) is 0 Å². The Balaban J connectivity index is 5.06. The Morgan fingerprint density at radius 1 is 1.00 bits per heavy atom. The molecule has 0 saturated carbocycles. The number of hydrogen-bond donors (Lipinski definition) is 1. The van der Waals surface area contributed by atoms with E-state index in [0.717, 1.165) is 7.11 Å². The molecule has 0 aromatic heterocycles. The normalized spacial score (nSPS) is 15.6. The molecule has 82 valence electrons. The lowest BCUT2D eigenvalue weighted by atomic mass is 9.76. The number of esters is 2. The molecule has 0 spiro atoms. The first-order chi connectivity index (χ1) is 6.21. The SMILES string of the molecule is COC(=O)C(C)(C)C(C)(O)C(=O)OC. The first kappa shape index (κ1) is 12.9. The molecule has 14 heavy (non-hydrogen) atoms. The summed E-state index contributed by atoms with van der Waals surface area (Å²) in [5, 5.41) is 9.84. The molecule has 0 aromatic carbocycles. The highest BCUT2D eigenvalue weighted by atomic mass is 16.5. The van der Waals surface area contributed by atoms with Gasteiger partial charge in [0.1, 0.15) is 5.41 Å². The first-order valence-electron chi connectivity index (χ1n) is 4.11. The Morgan fingerprint density at radius 2 is 1.36 bits per heavy atom. The summed E-state index contributed by atoms with van der Waals surface area (Å²) in [5.74, 6) is -1.54. The van der Waals surface area contributed by atoms with Gasteiger partial charge in [0.2, 0.25) is 0 Å². The minimum atomic E-state index is -1.91. The number of methoxy groups -OCH3 is 2. The summed E-state index contributed by atoms with van der Waals surface area (Å²) in [4.78, 5) is 22.5. The van der Waals surface area contributed by atoms with Crippen molar-refractivity contribution < 1.29 is 24.2 Å². The Labute approximate surface area is 83.0 Å². The molecule has 1 atom stereocenters. The molecule has 0 heterocycles. The van der Waals surface area contributed by atoms with E-state index < -0.39 is 23.0 Å². The molecule has 0 bridgehead atoms. The van der Waals surface area contributed by atoms with Gasteiger partial charge in [0.15, 0.2) is 5.60 Å². The molecule has 1 N–H and O–H groups in total. The molecule has 5 heteroatoms. The third kappa shape index (κ3) is 1.87. The molecule has 5 nitrogen and oxygen atoms in total. The van der Waals surface area contributed by atoms with Crippen LogP contribution in [0.3, 0.4) is 0 Å². The van der Waals surface area contributed by atoms with Crippen LogP contribution in [0, 0.1) is 5.41 Å². The van der Waals surface area contributed by atoms with Gasteiger partial charge in [0, 0.05) is 0 Å². The monoisotopic (exact) mass is 204 g/mol. The van der Waals surface area contributed by atoms with Crippen LogP contribution in [0.1, 0.15) is 20.8 Å². The van der Waals surface area contributed by atoms with E-state index in [0.29, 0.717) is 0 Å². The molecule has 0 aromatic rings. The molecule has 0 fully saturated rings. The molecule has 0 aliphatic heterocycles. The molecular formula is C9H16O5. The Morgan fingerprint density at radius 3 is 1.64 bits per heavy atom. The van der Waals surface area contributed by atoms with Crippen LogP contribution in [-0.4, -0.2) is 36.9 Å². The van der Waals surface area contributed by atoms with Crippen molar-refractivity contribution in [3.8, 4) is 0 Å². The number of rotatable bonds is 3. The largest absolute Gasteiger partial charge is 0.469 e. The van der Waals surface area contributed by atoms with Crippen LogP contribution in [0.4, 0.5) is 0 Å². The lowest BCUT2D eigenvalue weighted by molar-refractivity contribution is -0.186. The fourth-order valence-corrected chi connectivity index (χ4v) is 0.908. The second kappa shape index (κ2) is 3.96. The summed E-state index contributed by atoms with van der Waals surface area (Å²) in [6, 6.07) is 0. The second-order valence-corrected chi connectivity index (χ2v) is 3.68. The van der Waals surface area contributed by atoms with Gasteiger partial charge in [0.25, 0.3) is 0 Å². The molecular weight excluding hydrogens is 188 g/mol. The van der Waals surface area contributed by atoms with Gasteiger partial charge in [-0.3, -0.25) is 4.79 Å². The van der Waals surface area contributed by atoms with Crippen LogP contribution in [0.5, 0.6) is 0 Å². The molecule has 1 unspecified atom stereocenters. The molecule has 0 amide bonds. The van der Waals surface area contributed by atoms with Crippen LogP contribution in [-0.2, 0) is 19.1 Å². The highest BCUT2D eigenvalue weighted by Gasteiger charge is 2.52. The lowest BCUT2D eigenvalue weighted by Gasteiger charge is -2.34. The molecule has 0 saturated heterocycles. The van der Waals surface area contributed by atoms with Crippen molar-refractivity contribution >= 4 is 11.9 Å². The zero-order valence-electron chi connectivity index (χ0n) is 9.08. The van der Waals surface area contributed by atoms with Crippen LogP contribution < -0.4 is 0 Å². The van der Waals surface area contributed by atoms with Gasteiger partial charge in [0.05, 0.1) is 14.2 Å². The smallest absolute Gasteiger partial charge is 0.338 e. The summed E-state index contributed by atoms with van der Waals surface area (Å²) in [6.07, 6.45) is 0. The van der Waals surface area contributed by atoms with Crippen molar-refractivity contribution in [3.63, 3.8) is 0 Å². The van der Waals surface area contributed by atoms with Crippen LogP contribution in [0.25, 0.3) is 0 Å². The van der Waals surface area contributed by atoms with E-state index in [9.17, 15) is 14.7 Å². The highest BCUT2D eigenvalue weighted by Crippen LogP contribution is 2.32. The summed E-state index contributed by atoms with van der Waals surface area (Å²) in [6.45, 7) is 4.04. The third-order valence-corrected chi connectivity index (χ3v) is 2.50. The van der Waals surface area contributed by atoms with Crippen molar-refractivity contribution in [1.82, 2.24) is 0 Å². The minimum Gasteiger partial charge on any atom is -0.469 e. The second-order valence-electron chi connectivity index (χ2n) is 3.68. The third-order valence-electron chi connectivity index (χ3n) is 2.50. The Bertz CT molecular complexity index is 216. The average Bonchev–Trinajstić information content (AvgIpc) is 2.14. The summed E-state index contributed by atoms with van der Waals surface area (Å²) in [5.41, 5.74) is -3.26. The zero-order chi connectivity index (χ0) is 11.6. The van der Waals surface area contributed by atoms with Crippen molar-refractivity contribution in [2.75, 3.05) is 14.2 Å². The molecule has 0 radical (unpaired) electrons. The molecule has 0 rings (SSSR count). The average molecular weight is 204 g/mol. The van der Waals surface area contributed by atoms with Gasteiger partial charge in [-0.25, -0.2) is 4.79 Å². The molecule has 0 aliphatic carbocycles. The number of ether oxygens (including phenoxy) is 2. The summed E-state index contributed by atoms with van der Waals surface area (Å²) >= 11 is 0. The van der Waals surface area contributed by atoms with E-state index in [2.05, 4.69) is 9.47 Å². The van der Waals surface area contributed by atoms with Gasteiger partial charge in [-0.1, -0.05) is 0 Å².